The van der Waals surface area contributed by atoms with E-state index >= 15 is 0 Å². The summed E-state index contributed by atoms with van der Waals surface area (Å²) in [5, 5.41) is 10.0. The fraction of sp³-hybridized carbons (Fsp3) is 0.455. The molecule has 0 unspecified atom stereocenters. The lowest BCUT2D eigenvalue weighted by molar-refractivity contribution is 0.0753. The molecule has 2 rings (SSSR count). The minimum Gasteiger partial charge on any atom is -0.454 e. The van der Waals surface area contributed by atoms with Crippen molar-refractivity contribution in [3.8, 4) is 11.5 Å². The van der Waals surface area contributed by atoms with Crippen LogP contribution in [0.25, 0.3) is 0 Å². The highest BCUT2D eigenvalue weighted by molar-refractivity contribution is 7.90. The van der Waals surface area contributed by atoms with Crippen LogP contribution in [-0.4, -0.2) is 26.6 Å². The number of hydrogen-bond donors (Lipinski definition) is 1. The zero-order valence-electron chi connectivity index (χ0n) is 9.85. The van der Waals surface area contributed by atoms with Gasteiger partial charge in [-0.1, -0.05) is 0 Å². The summed E-state index contributed by atoms with van der Waals surface area (Å²) in [5.41, 5.74) is -0.955. The Balaban J connectivity index is 2.73. The Kier molecular flexibility index (Phi) is 2.59. The predicted octanol–water partition coefficient (Wildman–Crippen LogP) is 1.05. The highest BCUT2D eigenvalue weighted by atomic mass is 32.2. The maximum absolute atomic E-state index is 11.7. The van der Waals surface area contributed by atoms with Crippen LogP contribution in [0.4, 0.5) is 0 Å². The van der Waals surface area contributed by atoms with E-state index in [0.29, 0.717) is 17.1 Å². The maximum Gasteiger partial charge on any atom is 0.231 e. The summed E-state index contributed by atoms with van der Waals surface area (Å²) in [4.78, 5) is 0.0641. The second-order valence-electron chi connectivity index (χ2n) is 4.53. The van der Waals surface area contributed by atoms with Crippen molar-refractivity contribution < 1.29 is 23.0 Å². The Morgan fingerprint density at radius 1 is 1.24 bits per heavy atom. The standard InChI is InChI=1S/C11H14O5S/c1-11(2,12)7-4-8-9(16-6-15-8)5-10(7)17(3,13)14/h4-5,12H,6H2,1-3H3. The molecule has 0 amide bonds. The normalized spacial score (nSPS) is 15.1. The first-order chi connectivity index (χ1) is 7.69. The largest absolute Gasteiger partial charge is 0.454 e. The van der Waals surface area contributed by atoms with E-state index in [0.717, 1.165) is 6.26 Å². The van der Waals surface area contributed by atoms with E-state index < -0.39 is 15.4 Å². The van der Waals surface area contributed by atoms with Gasteiger partial charge < -0.3 is 14.6 Å². The van der Waals surface area contributed by atoms with Gasteiger partial charge in [-0.3, -0.25) is 0 Å². The van der Waals surface area contributed by atoms with Crippen LogP contribution in [0.3, 0.4) is 0 Å². The molecule has 0 spiro atoms. The van der Waals surface area contributed by atoms with Gasteiger partial charge in [0, 0.05) is 17.9 Å². The van der Waals surface area contributed by atoms with Gasteiger partial charge in [0.1, 0.15) is 0 Å². The third-order valence-corrected chi connectivity index (χ3v) is 3.67. The van der Waals surface area contributed by atoms with Crippen molar-refractivity contribution in [2.24, 2.45) is 0 Å². The van der Waals surface area contributed by atoms with Gasteiger partial charge in [-0.15, -0.1) is 0 Å². The number of aliphatic hydroxyl groups is 1. The fourth-order valence-electron chi connectivity index (χ4n) is 1.71. The lowest BCUT2D eigenvalue weighted by Gasteiger charge is -2.21. The molecule has 0 saturated heterocycles. The Bertz CT molecular complexity index is 554. The van der Waals surface area contributed by atoms with Crippen molar-refractivity contribution in [2.45, 2.75) is 24.3 Å². The Morgan fingerprint density at radius 3 is 2.24 bits per heavy atom. The number of sulfone groups is 1. The first-order valence-corrected chi connectivity index (χ1v) is 6.95. The van der Waals surface area contributed by atoms with Crippen LogP contribution >= 0.6 is 0 Å². The minimum atomic E-state index is -3.43. The second kappa shape index (κ2) is 3.61. The lowest BCUT2D eigenvalue weighted by Crippen LogP contribution is -2.19. The number of rotatable bonds is 2. The van der Waals surface area contributed by atoms with Gasteiger partial charge in [0.2, 0.25) is 6.79 Å². The molecule has 94 valence electrons. The number of hydrogen-bond acceptors (Lipinski definition) is 5. The molecular formula is C11H14O5S. The minimum absolute atomic E-state index is 0.0633. The van der Waals surface area contributed by atoms with Crippen LogP contribution in [0, 0.1) is 0 Å². The van der Waals surface area contributed by atoms with Gasteiger partial charge >= 0.3 is 0 Å². The van der Waals surface area contributed by atoms with Gasteiger partial charge in [0.15, 0.2) is 21.3 Å². The molecule has 1 aromatic carbocycles. The molecule has 6 heteroatoms. The molecule has 0 radical (unpaired) electrons. The average Bonchev–Trinajstić information content (AvgIpc) is 2.59. The fourth-order valence-corrected chi connectivity index (χ4v) is 2.74. The van der Waals surface area contributed by atoms with E-state index in [9.17, 15) is 13.5 Å². The van der Waals surface area contributed by atoms with Crippen LogP contribution in [-0.2, 0) is 15.4 Å². The molecule has 0 saturated carbocycles. The van der Waals surface area contributed by atoms with E-state index in [1.165, 1.54) is 26.0 Å². The van der Waals surface area contributed by atoms with Crippen LogP contribution in [0.1, 0.15) is 19.4 Å². The van der Waals surface area contributed by atoms with E-state index in [1.807, 2.05) is 0 Å². The zero-order chi connectivity index (χ0) is 12.8. The molecule has 0 aliphatic carbocycles. The van der Waals surface area contributed by atoms with Gasteiger partial charge in [-0.25, -0.2) is 8.42 Å². The summed E-state index contributed by atoms with van der Waals surface area (Å²) in [6.07, 6.45) is 1.10. The molecule has 0 aromatic heterocycles. The van der Waals surface area contributed by atoms with E-state index in [-0.39, 0.29) is 11.7 Å². The maximum atomic E-state index is 11.7. The monoisotopic (exact) mass is 258 g/mol. The Labute approximate surface area is 99.9 Å². The highest BCUT2D eigenvalue weighted by Gasteiger charge is 2.29. The summed E-state index contributed by atoms with van der Waals surface area (Å²) in [6, 6.07) is 2.91. The van der Waals surface area contributed by atoms with Crippen LogP contribution in [0.15, 0.2) is 17.0 Å². The molecule has 1 aliphatic rings. The number of fused-ring (bicyclic) bond motifs is 1. The summed E-state index contributed by atoms with van der Waals surface area (Å²) in [5.74, 6) is 0.841. The molecule has 0 atom stereocenters. The van der Waals surface area contributed by atoms with E-state index in [2.05, 4.69) is 0 Å². The Morgan fingerprint density at radius 2 is 1.76 bits per heavy atom. The van der Waals surface area contributed by atoms with Gasteiger partial charge in [-0.05, 0) is 19.9 Å². The van der Waals surface area contributed by atoms with Crippen LogP contribution in [0.2, 0.25) is 0 Å². The van der Waals surface area contributed by atoms with Crippen molar-refractivity contribution in [1.29, 1.82) is 0 Å². The quantitative estimate of drug-likeness (QED) is 0.858. The molecule has 5 nitrogen and oxygen atoms in total. The highest BCUT2D eigenvalue weighted by Crippen LogP contribution is 2.39. The van der Waals surface area contributed by atoms with Crippen molar-refractivity contribution in [2.75, 3.05) is 13.0 Å². The molecule has 0 fully saturated rings. The average molecular weight is 258 g/mol. The van der Waals surface area contributed by atoms with Gasteiger partial charge in [-0.2, -0.15) is 0 Å². The molecule has 1 aromatic rings. The van der Waals surface area contributed by atoms with Crippen molar-refractivity contribution in [3.63, 3.8) is 0 Å². The number of ether oxygens (including phenoxy) is 2. The third-order valence-electron chi connectivity index (χ3n) is 2.53. The van der Waals surface area contributed by atoms with Crippen molar-refractivity contribution in [1.82, 2.24) is 0 Å². The Hall–Kier alpha value is -1.27. The van der Waals surface area contributed by atoms with Crippen molar-refractivity contribution >= 4 is 9.84 Å². The van der Waals surface area contributed by atoms with E-state index in [1.54, 1.807) is 0 Å². The molecular weight excluding hydrogens is 244 g/mol. The summed E-state index contributed by atoms with van der Waals surface area (Å²) in [6.45, 7) is 3.12. The predicted molar refractivity (Wildman–Crippen MR) is 60.9 cm³/mol. The van der Waals surface area contributed by atoms with Crippen LogP contribution in [0.5, 0.6) is 11.5 Å². The smallest absolute Gasteiger partial charge is 0.231 e. The molecule has 1 heterocycles. The number of benzene rings is 1. The molecule has 1 aliphatic heterocycles. The SMILES string of the molecule is CC(C)(O)c1cc2c(cc1S(C)(=O)=O)OCO2. The van der Waals surface area contributed by atoms with Crippen molar-refractivity contribution in [3.05, 3.63) is 17.7 Å². The van der Waals surface area contributed by atoms with Gasteiger partial charge in [0.25, 0.3) is 0 Å². The summed E-state index contributed by atoms with van der Waals surface area (Å²) >= 11 is 0. The lowest BCUT2D eigenvalue weighted by atomic mass is 9.98. The first kappa shape index (κ1) is 12.2. The van der Waals surface area contributed by atoms with E-state index in [4.69, 9.17) is 9.47 Å². The first-order valence-electron chi connectivity index (χ1n) is 5.06. The van der Waals surface area contributed by atoms with Gasteiger partial charge in [0.05, 0.1) is 10.5 Å². The second-order valence-corrected chi connectivity index (χ2v) is 6.52. The topological polar surface area (TPSA) is 72.8 Å². The van der Waals surface area contributed by atoms with Crippen LogP contribution < -0.4 is 9.47 Å². The summed E-state index contributed by atoms with van der Waals surface area (Å²) < 4.78 is 33.7. The summed E-state index contributed by atoms with van der Waals surface area (Å²) in [7, 11) is -3.43. The molecule has 17 heavy (non-hydrogen) atoms. The third kappa shape index (κ3) is 2.23. The zero-order valence-corrected chi connectivity index (χ0v) is 10.7. The molecule has 1 N–H and O–H groups in total. The molecule has 0 bridgehead atoms.